The van der Waals surface area contributed by atoms with Crippen molar-refractivity contribution in [1.29, 1.82) is 0 Å². The fraction of sp³-hybridized carbons (Fsp3) is 0.200. The van der Waals surface area contributed by atoms with Crippen LogP contribution < -0.4 is 5.32 Å². The molecular formula is C20H18N4O2S2. The van der Waals surface area contributed by atoms with Gasteiger partial charge in [0.15, 0.2) is 5.01 Å². The van der Waals surface area contributed by atoms with Crippen LogP contribution in [0.5, 0.6) is 0 Å². The van der Waals surface area contributed by atoms with E-state index in [1.165, 1.54) is 16.2 Å². The molecule has 0 aliphatic carbocycles. The van der Waals surface area contributed by atoms with E-state index in [2.05, 4.69) is 46.5 Å². The quantitative estimate of drug-likeness (QED) is 0.449. The number of nitrogens with zero attached hydrogens (tertiary/aromatic N) is 3. The highest BCUT2D eigenvalue weighted by Crippen LogP contribution is 2.24. The first-order chi connectivity index (χ1) is 13.6. The molecule has 28 heavy (non-hydrogen) atoms. The lowest BCUT2D eigenvalue weighted by Crippen LogP contribution is -2.11. The molecule has 0 fully saturated rings. The summed E-state index contributed by atoms with van der Waals surface area (Å²) in [4.78, 5) is 17.9. The highest BCUT2D eigenvalue weighted by molar-refractivity contribution is 7.99. The van der Waals surface area contributed by atoms with Crippen molar-refractivity contribution in [3.05, 3.63) is 65.0 Å². The molecular weight excluding hydrogens is 392 g/mol. The highest BCUT2D eigenvalue weighted by Gasteiger charge is 2.16. The molecule has 0 saturated heterocycles. The van der Waals surface area contributed by atoms with Crippen LogP contribution in [0.4, 0.5) is 6.01 Å². The molecule has 4 aromatic rings. The summed E-state index contributed by atoms with van der Waals surface area (Å²) in [6.07, 6.45) is 0.511. The summed E-state index contributed by atoms with van der Waals surface area (Å²) in [5.41, 5.74) is 1.86. The number of fused-ring (bicyclic) bond motifs is 1. The first-order valence-electron chi connectivity index (χ1n) is 8.82. The van der Waals surface area contributed by atoms with E-state index in [9.17, 15) is 4.79 Å². The van der Waals surface area contributed by atoms with Crippen LogP contribution in [0.1, 0.15) is 35.1 Å². The lowest BCUT2D eigenvalue weighted by atomic mass is 10.1. The smallest absolute Gasteiger partial charge is 0.322 e. The zero-order valence-electron chi connectivity index (χ0n) is 15.4. The molecule has 0 unspecified atom stereocenters. The van der Waals surface area contributed by atoms with Crippen LogP contribution in [-0.2, 0) is 6.42 Å². The van der Waals surface area contributed by atoms with Gasteiger partial charge in [-0.3, -0.25) is 10.1 Å². The van der Waals surface area contributed by atoms with Gasteiger partial charge >= 0.3 is 6.01 Å². The lowest BCUT2D eigenvalue weighted by molar-refractivity contribution is 0.102. The molecule has 0 bridgehead atoms. The van der Waals surface area contributed by atoms with Gasteiger partial charge in [0.1, 0.15) is 0 Å². The van der Waals surface area contributed by atoms with Gasteiger partial charge in [0.2, 0.25) is 5.89 Å². The number of carbonyl (C=O) groups is 1. The van der Waals surface area contributed by atoms with E-state index >= 15 is 0 Å². The normalized spacial score (nSPS) is 11.2. The van der Waals surface area contributed by atoms with E-state index in [-0.39, 0.29) is 11.9 Å². The highest BCUT2D eigenvalue weighted by atomic mass is 32.2. The van der Waals surface area contributed by atoms with Crippen LogP contribution in [0.25, 0.3) is 10.2 Å². The van der Waals surface area contributed by atoms with Crippen molar-refractivity contribution in [1.82, 2.24) is 15.2 Å². The van der Waals surface area contributed by atoms with Crippen molar-refractivity contribution in [2.75, 3.05) is 5.32 Å². The van der Waals surface area contributed by atoms with E-state index in [0.29, 0.717) is 22.6 Å². The van der Waals surface area contributed by atoms with Gasteiger partial charge in [-0.1, -0.05) is 43.2 Å². The largest absolute Gasteiger partial charge is 0.407 e. The summed E-state index contributed by atoms with van der Waals surface area (Å²) >= 11 is 3.14. The molecule has 2 aromatic carbocycles. The third-order valence-electron chi connectivity index (χ3n) is 3.83. The zero-order chi connectivity index (χ0) is 19.5. The van der Waals surface area contributed by atoms with Crippen LogP contribution in [0.3, 0.4) is 0 Å². The Morgan fingerprint density at radius 1 is 1.14 bits per heavy atom. The minimum absolute atomic E-state index is 0.0752. The van der Waals surface area contributed by atoms with Crippen LogP contribution in [-0.4, -0.2) is 26.3 Å². The van der Waals surface area contributed by atoms with Gasteiger partial charge in [-0.15, -0.1) is 28.2 Å². The molecule has 0 atom stereocenters. The van der Waals surface area contributed by atoms with Crippen molar-refractivity contribution in [3.8, 4) is 0 Å². The molecule has 142 valence electrons. The fourth-order valence-corrected chi connectivity index (χ4v) is 4.33. The lowest BCUT2D eigenvalue weighted by Gasteiger charge is -2.05. The maximum atomic E-state index is 12.4. The number of amides is 1. The molecule has 0 aliphatic rings. The Balaban J connectivity index is 1.40. The minimum atomic E-state index is -0.355. The average molecular weight is 411 g/mol. The molecule has 4 rings (SSSR count). The van der Waals surface area contributed by atoms with E-state index < -0.39 is 0 Å². The average Bonchev–Trinajstić information content (AvgIpc) is 3.29. The number of nitrogens with one attached hydrogen (secondary N) is 1. The molecule has 0 radical (unpaired) electrons. The predicted octanol–water partition coefficient (Wildman–Crippen LogP) is 5.02. The number of aromatic nitrogens is 3. The second kappa shape index (κ2) is 8.12. The molecule has 0 spiro atoms. The van der Waals surface area contributed by atoms with Gasteiger partial charge in [-0.2, -0.15) is 0 Å². The van der Waals surface area contributed by atoms with Gasteiger partial charge in [0.05, 0.1) is 16.6 Å². The summed E-state index contributed by atoms with van der Waals surface area (Å²) in [7, 11) is 0. The molecule has 0 saturated carbocycles. The summed E-state index contributed by atoms with van der Waals surface area (Å²) in [5, 5.41) is 11.5. The Labute approximate surface area is 170 Å². The number of thioether (sulfide) groups is 1. The first kappa shape index (κ1) is 18.6. The number of anilines is 1. The molecule has 2 heterocycles. The van der Waals surface area contributed by atoms with Gasteiger partial charge < -0.3 is 4.42 Å². The molecule has 0 aliphatic heterocycles. The van der Waals surface area contributed by atoms with Gasteiger partial charge in [-0.05, 0) is 29.8 Å². The Morgan fingerprint density at radius 2 is 1.93 bits per heavy atom. The van der Waals surface area contributed by atoms with Crippen molar-refractivity contribution < 1.29 is 9.21 Å². The number of rotatable bonds is 6. The summed E-state index contributed by atoms with van der Waals surface area (Å²) in [6.45, 7) is 4.34. The maximum Gasteiger partial charge on any atom is 0.322 e. The first-order valence-corrected chi connectivity index (χ1v) is 10.5. The number of hydrogen-bond acceptors (Lipinski definition) is 7. The van der Waals surface area contributed by atoms with Gasteiger partial charge in [0, 0.05) is 10.1 Å². The number of benzene rings is 2. The summed E-state index contributed by atoms with van der Waals surface area (Å²) < 4.78 is 6.52. The second-order valence-corrected chi connectivity index (χ2v) is 9.11. The van der Waals surface area contributed by atoms with Crippen LogP contribution in [0.15, 0.2) is 57.8 Å². The van der Waals surface area contributed by atoms with Crippen molar-refractivity contribution in [3.63, 3.8) is 0 Å². The third-order valence-corrected chi connectivity index (χ3v) is 5.88. The SMILES string of the molecule is CC(C)Sc1ccc(Cc2nnc(NC(=O)c3nc4ccccc4s3)o2)cc1. The Morgan fingerprint density at radius 3 is 2.68 bits per heavy atom. The van der Waals surface area contributed by atoms with Crippen LogP contribution >= 0.6 is 23.1 Å². The molecule has 1 amide bonds. The molecule has 2 aromatic heterocycles. The van der Waals surface area contributed by atoms with Gasteiger partial charge in [-0.25, -0.2) is 4.98 Å². The van der Waals surface area contributed by atoms with E-state index in [1.54, 1.807) is 0 Å². The Bertz CT molecular complexity index is 1070. The second-order valence-electron chi connectivity index (χ2n) is 6.43. The van der Waals surface area contributed by atoms with Crippen molar-refractivity contribution >= 4 is 45.2 Å². The van der Waals surface area contributed by atoms with Crippen molar-refractivity contribution in [2.24, 2.45) is 0 Å². The summed E-state index contributed by atoms with van der Waals surface area (Å²) in [6, 6.07) is 16.0. The Kier molecular flexibility index (Phi) is 5.40. The number of para-hydroxylation sites is 1. The van der Waals surface area contributed by atoms with Gasteiger partial charge in [0.25, 0.3) is 5.91 Å². The van der Waals surface area contributed by atoms with E-state index in [0.717, 1.165) is 15.8 Å². The van der Waals surface area contributed by atoms with Crippen LogP contribution in [0.2, 0.25) is 0 Å². The van der Waals surface area contributed by atoms with E-state index in [1.807, 2.05) is 48.2 Å². The van der Waals surface area contributed by atoms with Crippen molar-refractivity contribution in [2.45, 2.75) is 30.4 Å². The minimum Gasteiger partial charge on any atom is -0.407 e. The maximum absolute atomic E-state index is 12.4. The number of carbonyl (C=O) groups excluding carboxylic acids is 1. The third kappa shape index (κ3) is 4.40. The monoisotopic (exact) mass is 410 g/mol. The topological polar surface area (TPSA) is 80.9 Å². The standard InChI is InChI=1S/C20H18N4O2S2/c1-12(2)27-14-9-7-13(8-10-14)11-17-23-24-20(26-17)22-18(25)19-21-15-5-3-4-6-16(15)28-19/h3-10,12H,11H2,1-2H3,(H,22,24,25). The molecule has 6 nitrogen and oxygen atoms in total. The fourth-order valence-electron chi connectivity index (χ4n) is 2.63. The number of hydrogen-bond donors (Lipinski definition) is 1. The molecule has 8 heteroatoms. The van der Waals surface area contributed by atoms with E-state index in [4.69, 9.17) is 4.42 Å². The molecule has 1 N–H and O–H groups in total. The summed E-state index contributed by atoms with van der Waals surface area (Å²) in [5.74, 6) is 0.0929. The Hall–Kier alpha value is -2.71. The van der Waals surface area contributed by atoms with Crippen LogP contribution in [0, 0.1) is 0 Å². The predicted molar refractivity (Wildman–Crippen MR) is 112 cm³/mol. The zero-order valence-corrected chi connectivity index (χ0v) is 17.0. The number of thiazole rings is 1.